The molecule has 0 aliphatic heterocycles. The predicted molar refractivity (Wildman–Crippen MR) is 125 cm³/mol. The molecule has 168 valence electrons. The fourth-order valence-electron chi connectivity index (χ4n) is 3.46. The maximum Gasteiger partial charge on any atom is 0.260 e. The third kappa shape index (κ3) is 4.82. The highest BCUT2D eigenvalue weighted by Crippen LogP contribution is 2.30. The number of amides is 1. The Kier molecular flexibility index (Phi) is 6.31. The van der Waals surface area contributed by atoms with Gasteiger partial charge in [0.15, 0.2) is 6.61 Å². The van der Waals surface area contributed by atoms with Crippen molar-refractivity contribution in [2.75, 3.05) is 20.8 Å². The van der Waals surface area contributed by atoms with E-state index in [-0.39, 0.29) is 40.4 Å². The summed E-state index contributed by atoms with van der Waals surface area (Å²) in [6.07, 6.45) is 1.34. The zero-order chi connectivity index (χ0) is 23.4. The van der Waals surface area contributed by atoms with E-state index in [1.54, 1.807) is 43.3 Å². The second-order valence-electron chi connectivity index (χ2n) is 7.55. The molecule has 0 radical (unpaired) electrons. The number of benzene rings is 3. The SMILES string of the molecule is COc1ccc(-c2coc3cc(OCC(=O)N(C)Cc4ccccc4)cc(O)c3c2=O)cc1. The Morgan fingerprint density at radius 1 is 1.03 bits per heavy atom. The second kappa shape index (κ2) is 9.48. The number of ether oxygens (including phenoxy) is 2. The van der Waals surface area contributed by atoms with Crippen LogP contribution in [0.1, 0.15) is 5.56 Å². The molecule has 0 atom stereocenters. The van der Waals surface area contributed by atoms with Gasteiger partial charge in [-0.05, 0) is 23.3 Å². The number of hydrogen-bond acceptors (Lipinski definition) is 6. The molecule has 4 rings (SSSR count). The van der Waals surface area contributed by atoms with E-state index in [1.807, 2.05) is 30.3 Å². The van der Waals surface area contributed by atoms with Crippen molar-refractivity contribution < 1.29 is 23.8 Å². The van der Waals surface area contributed by atoms with Gasteiger partial charge in [0, 0.05) is 25.7 Å². The van der Waals surface area contributed by atoms with Gasteiger partial charge in [0.1, 0.15) is 34.5 Å². The smallest absolute Gasteiger partial charge is 0.260 e. The Labute approximate surface area is 190 Å². The first-order chi connectivity index (χ1) is 16.0. The van der Waals surface area contributed by atoms with Crippen molar-refractivity contribution in [1.29, 1.82) is 0 Å². The van der Waals surface area contributed by atoms with Crippen LogP contribution >= 0.6 is 0 Å². The monoisotopic (exact) mass is 445 g/mol. The number of likely N-dealkylation sites (N-methyl/N-ethyl adjacent to an activating group) is 1. The van der Waals surface area contributed by atoms with Gasteiger partial charge in [-0.25, -0.2) is 0 Å². The Bertz CT molecular complexity index is 1330. The Hall–Kier alpha value is -4.26. The Balaban J connectivity index is 1.51. The molecule has 0 fully saturated rings. The molecule has 1 amide bonds. The molecule has 0 saturated carbocycles. The predicted octanol–water partition coefficient (Wildman–Crippen LogP) is 4.21. The van der Waals surface area contributed by atoms with Gasteiger partial charge in [0.2, 0.25) is 5.43 Å². The summed E-state index contributed by atoms with van der Waals surface area (Å²) >= 11 is 0. The third-order valence-corrected chi connectivity index (χ3v) is 5.28. The zero-order valence-corrected chi connectivity index (χ0v) is 18.3. The van der Waals surface area contributed by atoms with Gasteiger partial charge >= 0.3 is 0 Å². The van der Waals surface area contributed by atoms with Crippen molar-refractivity contribution in [2.24, 2.45) is 0 Å². The lowest BCUT2D eigenvalue weighted by Gasteiger charge is -2.17. The second-order valence-corrected chi connectivity index (χ2v) is 7.55. The maximum absolute atomic E-state index is 13.0. The van der Waals surface area contributed by atoms with E-state index in [2.05, 4.69) is 0 Å². The van der Waals surface area contributed by atoms with Crippen molar-refractivity contribution in [3.05, 3.63) is 88.8 Å². The van der Waals surface area contributed by atoms with E-state index in [1.165, 1.54) is 18.4 Å². The first-order valence-corrected chi connectivity index (χ1v) is 10.3. The van der Waals surface area contributed by atoms with Crippen LogP contribution in [0.3, 0.4) is 0 Å². The van der Waals surface area contributed by atoms with E-state index >= 15 is 0 Å². The van der Waals surface area contributed by atoms with Crippen molar-refractivity contribution in [1.82, 2.24) is 4.90 Å². The molecule has 7 nitrogen and oxygen atoms in total. The number of carbonyl (C=O) groups excluding carboxylic acids is 1. The van der Waals surface area contributed by atoms with Gasteiger partial charge in [-0.1, -0.05) is 42.5 Å². The number of methoxy groups -OCH3 is 1. The van der Waals surface area contributed by atoms with E-state index in [0.29, 0.717) is 23.4 Å². The van der Waals surface area contributed by atoms with Crippen LogP contribution in [0.2, 0.25) is 0 Å². The molecule has 0 aliphatic rings. The van der Waals surface area contributed by atoms with Crippen LogP contribution in [0.25, 0.3) is 22.1 Å². The molecule has 0 bridgehead atoms. The highest BCUT2D eigenvalue weighted by molar-refractivity contribution is 5.88. The highest BCUT2D eigenvalue weighted by atomic mass is 16.5. The van der Waals surface area contributed by atoms with Crippen molar-refractivity contribution in [2.45, 2.75) is 6.54 Å². The molecule has 7 heteroatoms. The maximum atomic E-state index is 13.0. The molecule has 1 heterocycles. The number of phenolic OH excluding ortho intramolecular Hbond substituents is 1. The molecule has 0 spiro atoms. The van der Waals surface area contributed by atoms with Gasteiger partial charge in [0.25, 0.3) is 5.91 Å². The first-order valence-electron chi connectivity index (χ1n) is 10.3. The lowest BCUT2D eigenvalue weighted by atomic mass is 10.0. The summed E-state index contributed by atoms with van der Waals surface area (Å²) in [6, 6.07) is 19.4. The van der Waals surface area contributed by atoms with Crippen LogP contribution in [-0.2, 0) is 11.3 Å². The molecule has 4 aromatic rings. The number of fused-ring (bicyclic) bond motifs is 1. The number of hydrogen-bond donors (Lipinski definition) is 1. The van der Waals surface area contributed by atoms with Gasteiger partial charge in [-0.3, -0.25) is 9.59 Å². The number of rotatable bonds is 7. The summed E-state index contributed by atoms with van der Waals surface area (Å²) in [6.45, 7) is 0.234. The number of aromatic hydroxyl groups is 1. The van der Waals surface area contributed by atoms with E-state index in [0.717, 1.165) is 5.56 Å². The topological polar surface area (TPSA) is 89.2 Å². The van der Waals surface area contributed by atoms with Crippen LogP contribution in [0, 0.1) is 0 Å². The Morgan fingerprint density at radius 2 is 1.76 bits per heavy atom. The van der Waals surface area contributed by atoms with Gasteiger partial charge in [-0.2, -0.15) is 0 Å². The van der Waals surface area contributed by atoms with Gasteiger partial charge in [0.05, 0.1) is 12.7 Å². The molecule has 1 aromatic heterocycles. The number of phenols is 1. The summed E-state index contributed by atoms with van der Waals surface area (Å²) in [7, 11) is 3.25. The Morgan fingerprint density at radius 3 is 2.45 bits per heavy atom. The molecule has 0 unspecified atom stereocenters. The summed E-state index contributed by atoms with van der Waals surface area (Å²) in [5, 5.41) is 10.5. The molecule has 3 aromatic carbocycles. The van der Waals surface area contributed by atoms with Gasteiger partial charge < -0.3 is 23.9 Å². The van der Waals surface area contributed by atoms with Crippen molar-refractivity contribution >= 4 is 16.9 Å². The number of carbonyl (C=O) groups is 1. The normalized spacial score (nSPS) is 10.7. The van der Waals surface area contributed by atoms with Crippen LogP contribution < -0.4 is 14.9 Å². The number of nitrogens with zero attached hydrogens (tertiary/aromatic N) is 1. The minimum absolute atomic E-state index is 0.0446. The summed E-state index contributed by atoms with van der Waals surface area (Å²) in [4.78, 5) is 27.0. The van der Waals surface area contributed by atoms with Crippen LogP contribution in [0.15, 0.2) is 82.2 Å². The van der Waals surface area contributed by atoms with E-state index in [9.17, 15) is 14.7 Å². The zero-order valence-electron chi connectivity index (χ0n) is 18.3. The minimum Gasteiger partial charge on any atom is -0.507 e. The van der Waals surface area contributed by atoms with Crippen molar-refractivity contribution in [3.8, 4) is 28.4 Å². The van der Waals surface area contributed by atoms with Crippen LogP contribution in [0.5, 0.6) is 17.2 Å². The molecular weight excluding hydrogens is 422 g/mol. The highest BCUT2D eigenvalue weighted by Gasteiger charge is 2.16. The van der Waals surface area contributed by atoms with Gasteiger partial charge in [-0.15, -0.1) is 0 Å². The lowest BCUT2D eigenvalue weighted by molar-refractivity contribution is -0.132. The lowest BCUT2D eigenvalue weighted by Crippen LogP contribution is -2.30. The fourth-order valence-corrected chi connectivity index (χ4v) is 3.46. The molecule has 1 N–H and O–H groups in total. The fraction of sp³-hybridized carbons (Fsp3) is 0.154. The minimum atomic E-state index is -0.371. The summed E-state index contributed by atoms with van der Waals surface area (Å²) in [5.41, 5.74) is 1.75. The van der Waals surface area contributed by atoms with Crippen LogP contribution in [0.4, 0.5) is 0 Å². The third-order valence-electron chi connectivity index (χ3n) is 5.28. The van der Waals surface area contributed by atoms with E-state index in [4.69, 9.17) is 13.9 Å². The molecule has 0 saturated heterocycles. The molecule has 33 heavy (non-hydrogen) atoms. The summed E-state index contributed by atoms with van der Waals surface area (Å²) < 4.78 is 16.3. The van der Waals surface area contributed by atoms with E-state index < -0.39 is 0 Å². The standard InChI is InChI=1S/C26H23NO6/c1-27(14-17-6-4-3-5-7-17)24(29)16-32-20-12-22(28)25-23(13-20)33-15-21(26(25)30)18-8-10-19(31-2)11-9-18/h3-13,15,28H,14,16H2,1-2H3. The van der Waals surface area contributed by atoms with Crippen molar-refractivity contribution in [3.63, 3.8) is 0 Å². The van der Waals surface area contributed by atoms with Crippen LogP contribution in [-0.4, -0.2) is 36.7 Å². The summed E-state index contributed by atoms with van der Waals surface area (Å²) in [5.74, 6) is 0.380. The average molecular weight is 445 g/mol. The average Bonchev–Trinajstić information content (AvgIpc) is 2.83. The molecular formula is C26H23NO6. The quantitative estimate of drug-likeness (QED) is 0.458. The first kappa shape index (κ1) is 22.0. The largest absolute Gasteiger partial charge is 0.507 e. The molecule has 0 aliphatic carbocycles.